The first kappa shape index (κ1) is 19.3. The van der Waals surface area contributed by atoms with E-state index in [1.54, 1.807) is 12.1 Å². The number of ether oxygens (including phenoxy) is 3. The molecule has 1 aromatic carbocycles. The van der Waals surface area contributed by atoms with Crippen molar-refractivity contribution >= 4 is 17.4 Å². The monoisotopic (exact) mass is 360 g/mol. The SMILES string of the molecule is CCC(C)Nc1cnc(C(=O)Nc2cc(OC)c(OC)c(OC)c2)cn1. The average Bonchev–Trinajstić information content (AvgIpc) is 2.67. The maximum absolute atomic E-state index is 12.4. The van der Waals surface area contributed by atoms with E-state index >= 15 is 0 Å². The lowest BCUT2D eigenvalue weighted by atomic mass is 10.2. The van der Waals surface area contributed by atoms with E-state index in [4.69, 9.17) is 14.2 Å². The first-order valence-corrected chi connectivity index (χ1v) is 8.22. The van der Waals surface area contributed by atoms with Crippen LogP contribution >= 0.6 is 0 Å². The van der Waals surface area contributed by atoms with Gasteiger partial charge in [-0.05, 0) is 13.3 Å². The van der Waals surface area contributed by atoms with Gasteiger partial charge in [0.1, 0.15) is 11.5 Å². The molecule has 1 heterocycles. The average molecular weight is 360 g/mol. The summed E-state index contributed by atoms with van der Waals surface area (Å²) in [4.78, 5) is 20.8. The highest BCUT2D eigenvalue weighted by Gasteiger charge is 2.16. The molecule has 0 bridgehead atoms. The van der Waals surface area contributed by atoms with E-state index in [-0.39, 0.29) is 17.6 Å². The van der Waals surface area contributed by atoms with Crippen LogP contribution in [-0.4, -0.2) is 43.2 Å². The Morgan fingerprint density at radius 3 is 2.19 bits per heavy atom. The van der Waals surface area contributed by atoms with Gasteiger partial charge in [-0.1, -0.05) is 6.92 Å². The Kier molecular flexibility index (Phi) is 6.60. The number of hydrogen-bond donors (Lipinski definition) is 2. The fourth-order valence-electron chi connectivity index (χ4n) is 2.22. The third-order valence-corrected chi connectivity index (χ3v) is 3.81. The topological polar surface area (TPSA) is 94.6 Å². The van der Waals surface area contributed by atoms with Gasteiger partial charge in [0, 0.05) is 23.9 Å². The van der Waals surface area contributed by atoms with E-state index < -0.39 is 0 Å². The molecule has 2 rings (SSSR count). The van der Waals surface area contributed by atoms with E-state index in [1.165, 1.54) is 33.7 Å². The maximum atomic E-state index is 12.4. The zero-order valence-corrected chi connectivity index (χ0v) is 15.6. The number of benzene rings is 1. The molecule has 2 aromatic rings. The molecule has 0 aliphatic heterocycles. The molecule has 0 saturated heterocycles. The Hall–Kier alpha value is -3.03. The molecule has 0 spiro atoms. The zero-order valence-electron chi connectivity index (χ0n) is 15.6. The number of anilines is 2. The van der Waals surface area contributed by atoms with Crippen molar-refractivity contribution in [3.8, 4) is 17.2 Å². The van der Waals surface area contributed by atoms with Crippen molar-refractivity contribution in [1.29, 1.82) is 0 Å². The Labute approximate surface area is 152 Å². The number of nitrogens with zero attached hydrogens (tertiary/aromatic N) is 2. The first-order chi connectivity index (χ1) is 12.5. The Morgan fingerprint density at radius 2 is 1.73 bits per heavy atom. The van der Waals surface area contributed by atoms with Gasteiger partial charge in [-0.2, -0.15) is 0 Å². The summed E-state index contributed by atoms with van der Waals surface area (Å²) >= 11 is 0. The molecule has 0 aliphatic rings. The van der Waals surface area contributed by atoms with E-state index in [0.717, 1.165) is 6.42 Å². The molecule has 0 fully saturated rings. The van der Waals surface area contributed by atoms with Crippen LogP contribution in [0, 0.1) is 0 Å². The summed E-state index contributed by atoms with van der Waals surface area (Å²) in [7, 11) is 4.54. The fraction of sp³-hybridized carbons (Fsp3) is 0.389. The summed E-state index contributed by atoms with van der Waals surface area (Å²) in [5.41, 5.74) is 0.696. The molecule has 1 atom stereocenters. The van der Waals surface area contributed by atoms with Crippen LogP contribution in [-0.2, 0) is 0 Å². The number of methoxy groups -OCH3 is 3. The number of nitrogens with one attached hydrogen (secondary N) is 2. The molecule has 8 heteroatoms. The van der Waals surface area contributed by atoms with Crippen LogP contribution in [0.2, 0.25) is 0 Å². The minimum absolute atomic E-state index is 0.202. The van der Waals surface area contributed by atoms with Crippen LogP contribution in [0.5, 0.6) is 17.2 Å². The minimum atomic E-state index is -0.387. The summed E-state index contributed by atoms with van der Waals surface area (Å²) < 4.78 is 15.8. The predicted molar refractivity (Wildman–Crippen MR) is 99.5 cm³/mol. The summed E-state index contributed by atoms with van der Waals surface area (Å²) in [6, 6.07) is 3.57. The molecular weight excluding hydrogens is 336 g/mol. The van der Waals surface area contributed by atoms with E-state index in [2.05, 4.69) is 27.5 Å². The zero-order chi connectivity index (χ0) is 19.1. The smallest absolute Gasteiger partial charge is 0.275 e. The fourth-order valence-corrected chi connectivity index (χ4v) is 2.22. The van der Waals surface area contributed by atoms with Gasteiger partial charge in [-0.3, -0.25) is 4.79 Å². The van der Waals surface area contributed by atoms with Gasteiger partial charge >= 0.3 is 0 Å². The molecule has 26 heavy (non-hydrogen) atoms. The largest absolute Gasteiger partial charge is 0.493 e. The second kappa shape index (κ2) is 8.89. The van der Waals surface area contributed by atoms with E-state index in [9.17, 15) is 4.79 Å². The summed E-state index contributed by atoms with van der Waals surface area (Å²) in [6.07, 6.45) is 3.93. The summed E-state index contributed by atoms with van der Waals surface area (Å²) in [5.74, 6) is 1.58. The molecule has 2 N–H and O–H groups in total. The minimum Gasteiger partial charge on any atom is -0.493 e. The van der Waals surface area contributed by atoms with Crippen LogP contribution in [0.25, 0.3) is 0 Å². The number of carbonyl (C=O) groups excluding carboxylic acids is 1. The molecule has 1 unspecified atom stereocenters. The summed E-state index contributed by atoms with van der Waals surface area (Å²) in [6.45, 7) is 4.12. The number of amides is 1. The van der Waals surface area contributed by atoms with Crippen LogP contribution in [0.1, 0.15) is 30.8 Å². The van der Waals surface area contributed by atoms with Crippen molar-refractivity contribution in [1.82, 2.24) is 9.97 Å². The van der Waals surface area contributed by atoms with Crippen molar-refractivity contribution in [2.24, 2.45) is 0 Å². The predicted octanol–water partition coefficient (Wildman–Crippen LogP) is 2.97. The third-order valence-electron chi connectivity index (χ3n) is 3.81. The number of hydrogen-bond acceptors (Lipinski definition) is 7. The standard InChI is InChI=1S/C18H24N4O4/c1-6-11(2)21-16-10-19-13(9-20-16)18(23)22-12-7-14(24-3)17(26-5)15(8-12)25-4/h7-11H,6H2,1-5H3,(H,20,21)(H,22,23). The highest BCUT2D eigenvalue weighted by Crippen LogP contribution is 2.39. The van der Waals surface area contributed by atoms with Crippen LogP contribution < -0.4 is 24.8 Å². The maximum Gasteiger partial charge on any atom is 0.275 e. The lowest BCUT2D eigenvalue weighted by molar-refractivity contribution is 0.102. The van der Waals surface area contributed by atoms with Gasteiger partial charge < -0.3 is 24.8 Å². The number of aromatic nitrogens is 2. The normalized spacial score (nSPS) is 11.4. The van der Waals surface area contributed by atoms with Crippen molar-refractivity contribution in [2.75, 3.05) is 32.0 Å². The van der Waals surface area contributed by atoms with Gasteiger partial charge in [-0.15, -0.1) is 0 Å². The number of carbonyl (C=O) groups is 1. The quantitative estimate of drug-likeness (QED) is 0.747. The van der Waals surface area contributed by atoms with Crippen molar-refractivity contribution in [3.05, 3.63) is 30.2 Å². The molecule has 140 valence electrons. The van der Waals surface area contributed by atoms with E-state index in [1.807, 2.05) is 6.92 Å². The van der Waals surface area contributed by atoms with E-state index in [0.29, 0.717) is 28.8 Å². The Balaban J connectivity index is 2.16. The lowest BCUT2D eigenvalue weighted by Gasteiger charge is -2.14. The second-order valence-corrected chi connectivity index (χ2v) is 5.61. The molecule has 8 nitrogen and oxygen atoms in total. The number of rotatable bonds is 8. The van der Waals surface area contributed by atoms with Crippen LogP contribution in [0.4, 0.5) is 11.5 Å². The van der Waals surface area contributed by atoms with Crippen LogP contribution in [0.3, 0.4) is 0 Å². The van der Waals surface area contributed by atoms with Crippen molar-refractivity contribution in [2.45, 2.75) is 26.3 Å². The Bertz CT molecular complexity index is 724. The Morgan fingerprint density at radius 1 is 1.08 bits per heavy atom. The highest BCUT2D eigenvalue weighted by molar-refractivity contribution is 6.03. The van der Waals surface area contributed by atoms with Gasteiger partial charge in [-0.25, -0.2) is 9.97 Å². The first-order valence-electron chi connectivity index (χ1n) is 8.22. The van der Waals surface area contributed by atoms with Gasteiger partial charge in [0.15, 0.2) is 11.5 Å². The molecule has 0 saturated carbocycles. The highest BCUT2D eigenvalue weighted by atomic mass is 16.5. The van der Waals surface area contributed by atoms with Gasteiger partial charge in [0.25, 0.3) is 5.91 Å². The second-order valence-electron chi connectivity index (χ2n) is 5.61. The van der Waals surface area contributed by atoms with Crippen molar-refractivity contribution in [3.63, 3.8) is 0 Å². The van der Waals surface area contributed by atoms with Crippen molar-refractivity contribution < 1.29 is 19.0 Å². The molecule has 1 amide bonds. The molecule has 0 aliphatic carbocycles. The third kappa shape index (κ3) is 4.53. The van der Waals surface area contributed by atoms with Gasteiger partial charge in [0.05, 0.1) is 33.7 Å². The van der Waals surface area contributed by atoms with Crippen LogP contribution in [0.15, 0.2) is 24.5 Å². The molecule has 1 aromatic heterocycles. The molecule has 0 radical (unpaired) electrons. The summed E-state index contributed by atoms with van der Waals surface area (Å²) in [5, 5.41) is 5.95. The lowest BCUT2D eigenvalue weighted by Crippen LogP contribution is -2.17. The van der Waals surface area contributed by atoms with Gasteiger partial charge in [0.2, 0.25) is 5.75 Å². The molecular formula is C18H24N4O4.